The van der Waals surface area contributed by atoms with E-state index in [-0.39, 0.29) is 18.4 Å². The molecule has 25 heavy (non-hydrogen) atoms. The standard InChI is InChI=1S/C20H31NO4/c1-4-5-6-7-8-9-10-14-25-19(22)16-21(2)20(23)17-12-11-13-18(15-17)24-3/h11-13,15H,4-10,14,16H2,1-3H3. The van der Waals surface area contributed by atoms with Crippen molar-refractivity contribution in [3.8, 4) is 5.75 Å². The SMILES string of the molecule is CCCCCCCCCOC(=O)CN(C)C(=O)c1cccc(OC)c1. The number of carbonyl (C=O) groups is 2. The highest BCUT2D eigenvalue weighted by Crippen LogP contribution is 2.14. The number of hydrogen-bond donors (Lipinski definition) is 0. The van der Waals surface area contributed by atoms with Gasteiger partial charge >= 0.3 is 5.97 Å². The second kappa shape index (κ2) is 12.3. The van der Waals surface area contributed by atoms with Crippen LogP contribution in [-0.2, 0) is 9.53 Å². The molecule has 0 fully saturated rings. The van der Waals surface area contributed by atoms with Gasteiger partial charge in [-0.25, -0.2) is 0 Å². The highest BCUT2D eigenvalue weighted by molar-refractivity contribution is 5.96. The van der Waals surface area contributed by atoms with Crippen molar-refractivity contribution in [3.05, 3.63) is 29.8 Å². The highest BCUT2D eigenvalue weighted by atomic mass is 16.5. The minimum Gasteiger partial charge on any atom is -0.497 e. The Hall–Kier alpha value is -2.04. The molecule has 0 heterocycles. The van der Waals surface area contributed by atoms with Crippen LogP contribution in [0.3, 0.4) is 0 Å². The fraction of sp³-hybridized carbons (Fsp3) is 0.600. The molecule has 0 radical (unpaired) electrons. The van der Waals surface area contributed by atoms with Crippen molar-refractivity contribution in [2.45, 2.75) is 51.9 Å². The first-order chi connectivity index (χ1) is 12.1. The van der Waals surface area contributed by atoms with Crippen molar-refractivity contribution < 1.29 is 19.1 Å². The number of unbranched alkanes of at least 4 members (excludes halogenated alkanes) is 6. The van der Waals surface area contributed by atoms with Crippen LogP contribution in [0.1, 0.15) is 62.2 Å². The average Bonchev–Trinajstić information content (AvgIpc) is 2.63. The molecule has 1 rings (SSSR count). The van der Waals surface area contributed by atoms with Gasteiger partial charge in [-0.3, -0.25) is 9.59 Å². The predicted octanol–water partition coefficient (Wildman–Crippen LogP) is 4.06. The van der Waals surface area contributed by atoms with Crippen molar-refractivity contribution in [1.29, 1.82) is 0 Å². The zero-order valence-corrected chi connectivity index (χ0v) is 15.8. The molecule has 1 aromatic carbocycles. The molecule has 0 bridgehead atoms. The first-order valence-corrected chi connectivity index (χ1v) is 9.13. The van der Waals surface area contributed by atoms with Gasteiger partial charge in [-0.05, 0) is 24.6 Å². The molecule has 0 aliphatic carbocycles. The van der Waals surface area contributed by atoms with Gasteiger partial charge in [0.2, 0.25) is 0 Å². The zero-order valence-electron chi connectivity index (χ0n) is 15.8. The Morgan fingerprint density at radius 1 is 1.04 bits per heavy atom. The van der Waals surface area contributed by atoms with Crippen LogP contribution >= 0.6 is 0 Å². The summed E-state index contributed by atoms with van der Waals surface area (Å²) in [5, 5.41) is 0. The van der Waals surface area contributed by atoms with E-state index in [1.807, 2.05) is 0 Å². The van der Waals surface area contributed by atoms with Crippen LogP contribution in [-0.4, -0.2) is 44.1 Å². The summed E-state index contributed by atoms with van der Waals surface area (Å²) < 4.78 is 10.3. The van der Waals surface area contributed by atoms with E-state index < -0.39 is 0 Å². The van der Waals surface area contributed by atoms with Crippen LogP contribution in [0.2, 0.25) is 0 Å². The molecule has 5 nitrogen and oxygen atoms in total. The lowest BCUT2D eigenvalue weighted by Crippen LogP contribution is -2.33. The number of hydrogen-bond acceptors (Lipinski definition) is 4. The van der Waals surface area contributed by atoms with Crippen molar-refractivity contribution in [2.24, 2.45) is 0 Å². The Bertz CT molecular complexity index is 530. The van der Waals surface area contributed by atoms with Gasteiger partial charge < -0.3 is 14.4 Å². The summed E-state index contributed by atoms with van der Waals surface area (Å²) in [6.45, 7) is 2.58. The number of amides is 1. The molecule has 1 amide bonds. The van der Waals surface area contributed by atoms with E-state index in [1.54, 1.807) is 38.4 Å². The van der Waals surface area contributed by atoms with E-state index in [1.165, 1.54) is 37.0 Å². The summed E-state index contributed by atoms with van der Waals surface area (Å²) in [6.07, 6.45) is 8.22. The Balaban J connectivity index is 2.23. The fourth-order valence-electron chi connectivity index (χ4n) is 2.53. The van der Waals surface area contributed by atoms with Crippen LogP contribution < -0.4 is 4.74 Å². The number of esters is 1. The van der Waals surface area contributed by atoms with Gasteiger partial charge in [0, 0.05) is 12.6 Å². The minimum atomic E-state index is -0.371. The first-order valence-electron chi connectivity index (χ1n) is 9.13. The third-order valence-corrected chi connectivity index (χ3v) is 4.04. The van der Waals surface area contributed by atoms with Crippen LogP contribution in [0.15, 0.2) is 24.3 Å². The number of benzene rings is 1. The topological polar surface area (TPSA) is 55.8 Å². The van der Waals surface area contributed by atoms with E-state index in [0.29, 0.717) is 17.9 Å². The molecule has 0 spiro atoms. The lowest BCUT2D eigenvalue weighted by atomic mass is 10.1. The van der Waals surface area contributed by atoms with Gasteiger partial charge in [0.1, 0.15) is 12.3 Å². The summed E-state index contributed by atoms with van der Waals surface area (Å²) in [4.78, 5) is 25.5. The van der Waals surface area contributed by atoms with Gasteiger partial charge in [0.25, 0.3) is 5.91 Å². The smallest absolute Gasteiger partial charge is 0.325 e. The number of nitrogens with zero attached hydrogens (tertiary/aromatic N) is 1. The van der Waals surface area contributed by atoms with E-state index in [2.05, 4.69) is 6.92 Å². The maximum absolute atomic E-state index is 12.3. The van der Waals surface area contributed by atoms with Gasteiger partial charge in [-0.15, -0.1) is 0 Å². The second-order valence-electron chi connectivity index (χ2n) is 6.23. The van der Waals surface area contributed by atoms with Crippen LogP contribution in [0, 0.1) is 0 Å². The molecule has 140 valence electrons. The monoisotopic (exact) mass is 349 g/mol. The van der Waals surface area contributed by atoms with Crippen LogP contribution in [0.25, 0.3) is 0 Å². The average molecular weight is 349 g/mol. The highest BCUT2D eigenvalue weighted by Gasteiger charge is 2.16. The molecule has 5 heteroatoms. The molecule has 0 atom stereocenters. The van der Waals surface area contributed by atoms with Crippen LogP contribution in [0.4, 0.5) is 0 Å². The second-order valence-corrected chi connectivity index (χ2v) is 6.23. The number of ether oxygens (including phenoxy) is 2. The van der Waals surface area contributed by atoms with Crippen LogP contribution in [0.5, 0.6) is 5.75 Å². The summed E-state index contributed by atoms with van der Waals surface area (Å²) >= 11 is 0. The maximum atomic E-state index is 12.3. The van der Waals surface area contributed by atoms with Crippen molar-refractivity contribution in [1.82, 2.24) is 4.90 Å². The lowest BCUT2D eigenvalue weighted by Gasteiger charge is -2.16. The van der Waals surface area contributed by atoms with E-state index >= 15 is 0 Å². The third-order valence-electron chi connectivity index (χ3n) is 4.04. The molecule has 0 aliphatic heterocycles. The zero-order chi connectivity index (χ0) is 18.5. The Morgan fingerprint density at radius 3 is 2.40 bits per heavy atom. The summed E-state index contributed by atoms with van der Waals surface area (Å²) in [6, 6.07) is 6.87. The van der Waals surface area contributed by atoms with Gasteiger partial charge in [-0.2, -0.15) is 0 Å². The van der Waals surface area contributed by atoms with Gasteiger partial charge in [0.05, 0.1) is 13.7 Å². The first kappa shape index (κ1) is 21.0. The summed E-state index contributed by atoms with van der Waals surface area (Å²) in [7, 11) is 3.14. The molecule has 1 aromatic rings. The van der Waals surface area contributed by atoms with E-state index in [9.17, 15) is 9.59 Å². The Morgan fingerprint density at radius 2 is 1.72 bits per heavy atom. The normalized spacial score (nSPS) is 10.4. The minimum absolute atomic E-state index is 0.0491. The molecule has 0 saturated carbocycles. The molecular formula is C20H31NO4. The lowest BCUT2D eigenvalue weighted by molar-refractivity contribution is -0.144. The van der Waals surface area contributed by atoms with E-state index in [0.717, 1.165) is 12.8 Å². The predicted molar refractivity (Wildman–Crippen MR) is 98.9 cm³/mol. The van der Waals surface area contributed by atoms with Gasteiger partial charge in [-0.1, -0.05) is 51.5 Å². The molecule has 0 aliphatic rings. The van der Waals surface area contributed by atoms with E-state index in [4.69, 9.17) is 9.47 Å². The molecule has 0 aromatic heterocycles. The molecule has 0 unspecified atom stereocenters. The molecule has 0 saturated heterocycles. The van der Waals surface area contributed by atoms with Gasteiger partial charge in [0.15, 0.2) is 0 Å². The number of rotatable bonds is 12. The van der Waals surface area contributed by atoms with Crippen molar-refractivity contribution in [3.63, 3.8) is 0 Å². The number of methoxy groups -OCH3 is 1. The quantitative estimate of drug-likeness (QED) is 0.422. The molecular weight excluding hydrogens is 318 g/mol. The molecule has 0 N–H and O–H groups in total. The summed E-state index contributed by atoms with van der Waals surface area (Å²) in [5.74, 6) is 0.0114. The Labute approximate surface area is 151 Å². The van der Waals surface area contributed by atoms with Crippen molar-refractivity contribution >= 4 is 11.9 Å². The summed E-state index contributed by atoms with van der Waals surface area (Å²) in [5.41, 5.74) is 0.488. The van der Waals surface area contributed by atoms with Crippen molar-refractivity contribution in [2.75, 3.05) is 27.3 Å². The Kier molecular flexibility index (Phi) is 10.4. The number of likely N-dealkylation sites (N-methyl/N-ethyl adjacent to an activating group) is 1. The largest absolute Gasteiger partial charge is 0.497 e. The third kappa shape index (κ3) is 8.57. The maximum Gasteiger partial charge on any atom is 0.325 e. The fourth-order valence-corrected chi connectivity index (χ4v) is 2.53. The number of carbonyl (C=O) groups excluding carboxylic acids is 2.